The molecule has 18 heavy (non-hydrogen) atoms. The fourth-order valence-corrected chi connectivity index (χ4v) is 3.34. The molecule has 1 aliphatic heterocycles. The lowest BCUT2D eigenvalue weighted by Crippen LogP contribution is -2.49. The Kier molecular flexibility index (Phi) is 2.73. The van der Waals surface area contributed by atoms with Gasteiger partial charge in [-0.05, 0) is 6.07 Å². The van der Waals surface area contributed by atoms with Crippen molar-refractivity contribution in [2.24, 2.45) is 5.41 Å². The number of anilines is 1. The normalized spacial score (nSPS) is 17.1. The minimum absolute atomic E-state index is 0.322. The van der Waals surface area contributed by atoms with Crippen LogP contribution in [0.2, 0.25) is 0 Å². The molecule has 0 amide bonds. The molecule has 0 saturated carbocycles. The van der Waals surface area contributed by atoms with Gasteiger partial charge in [0, 0.05) is 29.1 Å². The van der Waals surface area contributed by atoms with Gasteiger partial charge in [0.1, 0.15) is 5.41 Å². The van der Waals surface area contributed by atoms with E-state index in [0.29, 0.717) is 13.2 Å². The number of ether oxygens (including phenoxy) is 1. The standard InChI is InChI=1S/C14H14N2OS/c1-16(8-14(7-15)9-17-10-14)12-6-18-13-5-3-2-4-11(12)13/h2-6H,8-10H2,1H3. The van der Waals surface area contributed by atoms with Gasteiger partial charge in [-0.2, -0.15) is 5.26 Å². The zero-order valence-electron chi connectivity index (χ0n) is 10.2. The predicted octanol–water partition coefficient (Wildman–Crippen LogP) is 2.88. The van der Waals surface area contributed by atoms with Crippen LogP contribution in [0.15, 0.2) is 29.6 Å². The molecule has 0 aliphatic carbocycles. The van der Waals surface area contributed by atoms with Gasteiger partial charge in [0.15, 0.2) is 0 Å². The molecule has 92 valence electrons. The van der Waals surface area contributed by atoms with Crippen molar-refractivity contribution in [3.8, 4) is 6.07 Å². The van der Waals surface area contributed by atoms with Crippen LogP contribution in [0.25, 0.3) is 10.1 Å². The van der Waals surface area contributed by atoms with Gasteiger partial charge in [-0.1, -0.05) is 18.2 Å². The summed E-state index contributed by atoms with van der Waals surface area (Å²) in [6, 6.07) is 10.8. The van der Waals surface area contributed by atoms with Crippen molar-refractivity contribution in [3.63, 3.8) is 0 Å². The number of nitrogens with zero attached hydrogens (tertiary/aromatic N) is 2. The molecule has 0 N–H and O–H groups in total. The van der Waals surface area contributed by atoms with E-state index in [1.165, 1.54) is 15.8 Å². The second kappa shape index (κ2) is 4.27. The van der Waals surface area contributed by atoms with Crippen molar-refractivity contribution in [2.75, 3.05) is 31.7 Å². The molecule has 1 aliphatic rings. The molecular formula is C14H14N2OS. The van der Waals surface area contributed by atoms with Gasteiger partial charge in [0.05, 0.1) is 25.0 Å². The molecular weight excluding hydrogens is 244 g/mol. The van der Waals surface area contributed by atoms with Crippen LogP contribution >= 0.6 is 11.3 Å². The van der Waals surface area contributed by atoms with E-state index in [1.54, 1.807) is 11.3 Å². The fourth-order valence-electron chi connectivity index (χ4n) is 2.34. The quantitative estimate of drug-likeness (QED) is 0.849. The van der Waals surface area contributed by atoms with Crippen LogP contribution in [0.4, 0.5) is 5.69 Å². The van der Waals surface area contributed by atoms with Crippen molar-refractivity contribution in [1.29, 1.82) is 5.26 Å². The molecule has 1 saturated heterocycles. The van der Waals surface area contributed by atoms with E-state index in [9.17, 15) is 5.26 Å². The molecule has 3 rings (SSSR count). The summed E-state index contributed by atoms with van der Waals surface area (Å²) in [5, 5.41) is 12.7. The Morgan fingerprint density at radius 3 is 2.89 bits per heavy atom. The second-order valence-corrected chi connectivity index (χ2v) is 5.77. The van der Waals surface area contributed by atoms with Crippen LogP contribution in [-0.4, -0.2) is 26.8 Å². The van der Waals surface area contributed by atoms with Crippen molar-refractivity contribution in [3.05, 3.63) is 29.6 Å². The van der Waals surface area contributed by atoms with Gasteiger partial charge >= 0.3 is 0 Å². The first kappa shape index (κ1) is 11.5. The van der Waals surface area contributed by atoms with E-state index >= 15 is 0 Å². The van der Waals surface area contributed by atoms with Gasteiger partial charge in [-0.3, -0.25) is 0 Å². The molecule has 2 heterocycles. The first-order chi connectivity index (χ1) is 8.74. The maximum Gasteiger partial charge on any atom is 0.121 e. The average molecular weight is 258 g/mol. The smallest absolute Gasteiger partial charge is 0.121 e. The summed E-state index contributed by atoms with van der Waals surface area (Å²) in [5.41, 5.74) is 0.884. The third-order valence-electron chi connectivity index (χ3n) is 3.41. The molecule has 0 atom stereocenters. The van der Waals surface area contributed by atoms with Crippen molar-refractivity contribution in [2.45, 2.75) is 0 Å². The van der Waals surface area contributed by atoms with Gasteiger partial charge in [0.2, 0.25) is 0 Å². The molecule has 2 aromatic rings. The molecule has 0 unspecified atom stereocenters. The molecule has 1 aromatic heterocycles. The second-order valence-electron chi connectivity index (χ2n) is 4.86. The Morgan fingerprint density at radius 2 is 2.22 bits per heavy atom. The van der Waals surface area contributed by atoms with Gasteiger partial charge in [-0.25, -0.2) is 0 Å². The van der Waals surface area contributed by atoms with Gasteiger partial charge in [0.25, 0.3) is 0 Å². The lowest BCUT2D eigenvalue weighted by atomic mass is 9.87. The number of benzene rings is 1. The van der Waals surface area contributed by atoms with Crippen molar-refractivity contribution >= 4 is 27.1 Å². The first-order valence-electron chi connectivity index (χ1n) is 5.90. The highest BCUT2D eigenvalue weighted by atomic mass is 32.1. The Balaban J connectivity index is 1.88. The first-order valence-corrected chi connectivity index (χ1v) is 6.78. The van der Waals surface area contributed by atoms with E-state index in [-0.39, 0.29) is 5.41 Å². The molecule has 0 radical (unpaired) electrons. The number of hydrogen-bond acceptors (Lipinski definition) is 4. The van der Waals surface area contributed by atoms with E-state index in [0.717, 1.165) is 6.54 Å². The maximum absolute atomic E-state index is 9.24. The van der Waals surface area contributed by atoms with Crippen LogP contribution in [0.3, 0.4) is 0 Å². The van der Waals surface area contributed by atoms with Crippen LogP contribution in [0, 0.1) is 16.7 Å². The number of rotatable bonds is 3. The number of fused-ring (bicyclic) bond motifs is 1. The summed E-state index contributed by atoms with van der Waals surface area (Å²) in [6.07, 6.45) is 0. The van der Waals surface area contributed by atoms with Crippen LogP contribution in [0.5, 0.6) is 0 Å². The third kappa shape index (κ3) is 1.76. The Hall–Kier alpha value is -1.57. The summed E-state index contributed by atoms with van der Waals surface area (Å²) in [5.74, 6) is 0. The summed E-state index contributed by atoms with van der Waals surface area (Å²) in [7, 11) is 2.05. The third-order valence-corrected chi connectivity index (χ3v) is 4.36. The summed E-state index contributed by atoms with van der Waals surface area (Å²) in [4.78, 5) is 2.17. The SMILES string of the molecule is CN(CC1(C#N)COC1)c1csc2ccccc12. The summed E-state index contributed by atoms with van der Waals surface area (Å²) >= 11 is 1.75. The minimum Gasteiger partial charge on any atom is -0.378 e. The highest BCUT2D eigenvalue weighted by Crippen LogP contribution is 2.35. The van der Waals surface area contributed by atoms with E-state index in [4.69, 9.17) is 4.74 Å². The lowest BCUT2D eigenvalue weighted by Gasteiger charge is -2.38. The zero-order valence-corrected chi connectivity index (χ0v) is 11.0. The van der Waals surface area contributed by atoms with E-state index in [1.807, 2.05) is 7.05 Å². The zero-order chi connectivity index (χ0) is 12.6. The fraction of sp³-hybridized carbons (Fsp3) is 0.357. The topological polar surface area (TPSA) is 36.3 Å². The van der Waals surface area contributed by atoms with Crippen LogP contribution in [-0.2, 0) is 4.74 Å². The summed E-state index contributed by atoms with van der Waals surface area (Å²) in [6.45, 7) is 1.83. The molecule has 3 nitrogen and oxygen atoms in total. The van der Waals surface area contributed by atoms with Crippen molar-refractivity contribution < 1.29 is 4.74 Å². The summed E-state index contributed by atoms with van der Waals surface area (Å²) < 4.78 is 6.48. The molecule has 1 aromatic carbocycles. The van der Waals surface area contributed by atoms with Crippen molar-refractivity contribution in [1.82, 2.24) is 0 Å². The number of hydrogen-bond donors (Lipinski definition) is 0. The highest BCUT2D eigenvalue weighted by molar-refractivity contribution is 7.17. The number of nitriles is 1. The lowest BCUT2D eigenvalue weighted by molar-refractivity contribution is -0.0716. The Labute approximate surface area is 110 Å². The highest BCUT2D eigenvalue weighted by Gasteiger charge is 2.40. The van der Waals surface area contributed by atoms with Crippen LogP contribution in [0.1, 0.15) is 0 Å². The van der Waals surface area contributed by atoms with Gasteiger partial charge in [-0.15, -0.1) is 11.3 Å². The van der Waals surface area contributed by atoms with Gasteiger partial charge < -0.3 is 9.64 Å². The Bertz CT molecular complexity index is 610. The molecule has 4 heteroatoms. The molecule has 1 fully saturated rings. The minimum atomic E-state index is -0.322. The van der Waals surface area contributed by atoms with E-state index in [2.05, 4.69) is 40.6 Å². The molecule has 0 bridgehead atoms. The predicted molar refractivity (Wildman–Crippen MR) is 74.0 cm³/mol. The Morgan fingerprint density at radius 1 is 1.44 bits per heavy atom. The van der Waals surface area contributed by atoms with Crippen LogP contribution < -0.4 is 4.90 Å². The number of thiophene rings is 1. The average Bonchev–Trinajstić information content (AvgIpc) is 2.77. The monoisotopic (exact) mass is 258 g/mol. The van der Waals surface area contributed by atoms with E-state index < -0.39 is 0 Å². The molecule has 0 spiro atoms. The largest absolute Gasteiger partial charge is 0.378 e. The maximum atomic E-state index is 9.24.